The monoisotopic (exact) mass is 671 g/mol. The lowest BCUT2D eigenvalue weighted by Crippen LogP contribution is -2.40. The second-order valence-corrected chi connectivity index (χ2v) is 10.4. The Hall–Kier alpha value is -5.77. The van der Waals surface area contributed by atoms with Crippen molar-refractivity contribution < 1.29 is 50.9 Å². The Morgan fingerprint density at radius 3 is 2.35 bits per heavy atom. The van der Waals surface area contributed by atoms with Crippen LogP contribution in [0.3, 0.4) is 0 Å². The van der Waals surface area contributed by atoms with Gasteiger partial charge in [0.25, 0.3) is 5.91 Å². The van der Waals surface area contributed by atoms with E-state index in [9.17, 15) is 31.5 Å². The molecule has 3 heterocycles. The highest BCUT2D eigenvalue weighted by molar-refractivity contribution is 6.15. The van der Waals surface area contributed by atoms with Gasteiger partial charge in [0.2, 0.25) is 11.6 Å². The topological polar surface area (TPSA) is 153 Å². The zero-order chi connectivity index (χ0) is 34.7. The fourth-order valence-corrected chi connectivity index (χ4v) is 4.89. The average molecular weight is 672 g/mol. The number of morpholine rings is 1. The van der Waals surface area contributed by atoms with Crippen LogP contribution in [0, 0.1) is 18.6 Å². The van der Waals surface area contributed by atoms with Crippen molar-refractivity contribution in [3.63, 3.8) is 0 Å². The number of carboxylic acid groups (broad SMARTS) is 1. The molecule has 250 valence electrons. The first-order chi connectivity index (χ1) is 22.8. The van der Waals surface area contributed by atoms with Crippen LogP contribution in [0.2, 0.25) is 0 Å². The number of nitrogens with one attached hydrogen (secondary N) is 1. The smallest absolute Gasteiger partial charge is 0.475 e. The molecular weight excluding hydrogens is 645 g/mol. The molecule has 11 nitrogen and oxygen atoms in total. The predicted molar refractivity (Wildman–Crippen MR) is 161 cm³/mol. The van der Waals surface area contributed by atoms with Gasteiger partial charge >= 0.3 is 12.1 Å². The molecule has 1 fully saturated rings. The molecule has 0 bridgehead atoms. The first-order valence-electron chi connectivity index (χ1n) is 14.2. The number of fused-ring (bicyclic) bond motifs is 1. The number of H-pyrrole nitrogens is 1. The molecule has 4 N–H and O–H groups in total. The Morgan fingerprint density at radius 2 is 1.69 bits per heavy atom. The summed E-state index contributed by atoms with van der Waals surface area (Å²) in [5, 5.41) is 12.1. The van der Waals surface area contributed by atoms with Crippen LogP contribution in [0.4, 0.5) is 27.8 Å². The number of anilines is 1. The van der Waals surface area contributed by atoms with Gasteiger partial charge in [-0.05, 0) is 61.0 Å². The van der Waals surface area contributed by atoms with Gasteiger partial charge in [0.15, 0.2) is 11.6 Å². The maximum atomic E-state index is 14.0. The Labute approximate surface area is 268 Å². The number of carbonyl (C=O) groups is 3. The number of carbonyl (C=O) groups excluding carboxylic acids is 2. The van der Waals surface area contributed by atoms with Crippen molar-refractivity contribution in [3.8, 4) is 17.2 Å². The molecule has 0 spiro atoms. The number of carboxylic acids is 1. The van der Waals surface area contributed by atoms with E-state index in [1.165, 1.54) is 23.0 Å². The number of aliphatic carboxylic acids is 1. The summed E-state index contributed by atoms with van der Waals surface area (Å²) in [7, 11) is 0. The van der Waals surface area contributed by atoms with Crippen molar-refractivity contribution in [1.82, 2.24) is 19.7 Å². The highest BCUT2D eigenvalue weighted by atomic mass is 19.4. The lowest BCUT2D eigenvalue weighted by atomic mass is 10.1. The van der Waals surface area contributed by atoms with Crippen LogP contribution in [0.15, 0.2) is 66.9 Å². The minimum absolute atomic E-state index is 0.117. The number of hydrogen-bond acceptors (Lipinski definition) is 7. The van der Waals surface area contributed by atoms with Gasteiger partial charge in [0.1, 0.15) is 11.6 Å². The number of benzene rings is 3. The van der Waals surface area contributed by atoms with Gasteiger partial charge in [-0.1, -0.05) is 12.1 Å². The normalized spacial score (nSPS) is 13.2. The third kappa shape index (κ3) is 6.97. The summed E-state index contributed by atoms with van der Waals surface area (Å²) >= 11 is 0. The number of hydrogen-bond donors (Lipinski definition) is 3. The van der Waals surface area contributed by atoms with Crippen LogP contribution in [0.5, 0.6) is 11.5 Å². The van der Waals surface area contributed by atoms with Gasteiger partial charge < -0.3 is 30.2 Å². The molecule has 1 amide bonds. The number of alkyl halides is 3. The quantitative estimate of drug-likeness (QED) is 0.155. The first-order valence-corrected chi connectivity index (χ1v) is 14.2. The molecule has 2 aromatic heterocycles. The maximum Gasteiger partial charge on any atom is 0.490 e. The summed E-state index contributed by atoms with van der Waals surface area (Å²) in [6.45, 7) is 3.77. The second-order valence-electron chi connectivity index (χ2n) is 10.4. The molecule has 0 radical (unpaired) electrons. The number of rotatable bonds is 6. The summed E-state index contributed by atoms with van der Waals surface area (Å²) < 4.78 is 71.6. The molecular formula is C32H26F5N5O6. The Balaban J connectivity index is 0.000000582. The molecule has 3 aromatic carbocycles. The van der Waals surface area contributed by atoms with Crippen molar-refractivity contribution in [1.29, 1.82) is 0 Å². The van der Waals surface area contributed by atoms with E-state index in [1.807, 2.05) is 0 Å². The molecule has 1 aliphatic rings. The molecule has 5 aromatic rings. The largest absolute Gasteiger partial charge is 0.490 e. The van der Waals surface area contributed by atoms with E-state index < -0.39 is 23.8 Å². The molecule has 6 rings (SSSR count). The van der Waals surface area contributed by atoms with Gasteiger partial charge in [0.05, 0.1) is 36.4 Å². The zero-order valence-corrected chi connectivity index (χ0v) is 25.0. The Bertz CT molecular complexity index is 2020. The average Bonchev–Trinajstić information content (AvgIpc) is 3.67. The lowest BCUT2D eigenvalue weighted by Gasteiger charge is -2.27. The number of nitrogens with two attached hydrogens (primary N) is 1. The van der Waals surface area contributed by atoms with Gasteiger partial charge in [-0.3, -0.25) is 9.59 Å². The van der Waals surface area contributed by atoms with Crippen LogP contribution in [-0.4, -0.2) is 74.9 Å². The number of aromatic amines is 1. The van der Waals surface area contributed by atoms with E-state index in [4.69, 9.17) is 25.1 Å². The van der Waals surface area contributed by atoms with E-state index >= 15 is 0 Å². The van der Waals surface area contributed by atoms with E-state index in [1.54, 1.807) is 54.3 Å². The molecule has 1 saturated heterocycles. The number of halogens is 5. The van der Waals surface area contributed by atoms with E-state index in [2.05, 4.69) is 10.1 Å². The van der Waals surface area contributed by atoms with Crippen LogP contribution < -0.4 is 10.5 Å². The summed E-state index contributed by atoms with van der Waals surface area (Å²) in [5.74, 6) is -5.18. The van der Waals surface area contributed by atoms with Gasteiger partial charge in [-0.2, -0.15) is 22.7 Å². The standard InChI is InChI=1S/C30H25F2N5O4.C2HF3O2/c1-17-14-18(41-26-7-3-5-22(31)27(26)32)8-9-25(17)37-29(33)21(16-34-37)28(38)24-15-20-19(4-2-6-23(20)35-24)30(39)36-10-12-40-13-11-36;3-2(4,5)1(6)7/h2-9,14-16,35H,10-13,33H2,1H3;(H,6,7). The predicted octanol–water partition coefficient (Wildman–Crippen LogP) is 5.65. The van der Waals surface area contributed by atoms with Crippen LogP contribution in [-0.2, 0) is 9.53 Å². The van der Waals surface area contributed by atoms with Gasteiger partial charge in [0, 0.05) is 29.6 Å². The van der Waals surface area contributed by atoms with Crippen molar-refractivity contribution in [3.05, 3.63) is 101 Å². The second kappa shape index (κ2) is 13.5. The van der Waals surface area contributed by atoms with Crippen molar-refractivity contribution in [2.75, 3.05) is 32.0 Å². The fourth-order valence-electron chi connectivity index (χ4n) is 4.89. The summed E-state index contributed by atoms with van der Waals surface area (Å²) in [5.41, 5.74) is 9.23. The van der Waals surface area contributed by atoms with Crippen LogP contribution in [0.25, 0.3) is 16.6 Å². The van der Waals surface area contributed by atoms with Gasteiger partial charge in [-0.25, -0.2) is 13.9 Å². The number of nitrogens with zero attached hydrogens (tertiary/aromatic N) is 3. The summed E-state index contributed by atoms with van der Waals surface area (Å²) in [6, 6.07) is 15.5. The highest BCUT2D eigenvalue weighted by Crippen LogP contribution is 2.30. The molecule has 0 unspecified atom stereocenters. The van der Waals surface area contributed by atoms with Crippen molar-refractivity contribution >= 4 is 34.4 Å². The Morgan fingerprint density at radius 1 is 1.00 bits per heavy atom. The number of aryl methyl sites for hydroxylation is 1. The van der Waals surface area contributed by atoms with Gasteiger partial charge in [-0.15, -0.1) is 0 Å². The van der Waals surface area contributed by atoms with E-state index in [0.29, 0.717) is 59.8 Å². The summed E-state index contributed by atoms with van der Waals surface area (Å²) in [4.78, 5) is 40.4. The molecule has 16 heteroatoms. The van der Waals surface area contributed by atoms with Crippen LogP contribution >= 0.6 is 0 Å². The molecule has 0 saturated carbocycles. The number of nitrogen functional groups attached to an aromatic ring is 1. The third-order valence-corrected chi connectivity index (χ3v) is 7.27. The lowest BCUT2D eigenvalue weighted by molar-refractivity contribution is -0.192. The SMILES string of the molecule is Cc1cc(Oc2cccc(F)c2F)ccc1-n1ncc(C(=O)c2cc3c(C(=O)N4CCOCC4)cccc3[nH]2)c1N.O=C(O)C(F)(F)F. The fraction of sp³-hybridized carbons (Fsp3) is 0.188. The molecule has 0 aliphatic carbocycles. The molecule has 1 aliphatic heterocycles. The van der Waals surface area contributed by atoms with Crippen molar-refractivity contribution in [2.45, 2.75) is 13.1 Å². The molecule has 0 atom stereocenters. The number of aromatic nitrogens is 3. The highest BCUT2D eigenvalue weighted by Gasteiger charge is 2.38. The number of ketones is 1. The zero-order valence-electron chi connectivity index (χ0n) is 25.0. The van der Waals surface area contributed by atoms with Crippen LogP contribution in [0.1, 0.15) is 32.0 Å². The van der Waals surface area contributed by atoms with E-state index in [-0.39, 0.29) is 34.5 Å². The summed E-state index contributed by atoms with van der Waals surface area (Å²) in [6.07, 6.45) is -3.70. The maximum absolute atomic E-state index is 14.0. The first kappa shape index (κ1) is 33.6. The molecule has 48 heavy (non-hydrogen) atoms. The van der Waals surface area contributed by atoms with Crippen molar-refractivity contribution in [2.24, 2.45) is 0 Å². The number of ether oxygens (including phenoxy) is 2. The minimum Gasteiger partial charge on any atom is -0.475 e. The Kier molecular flexibility index (Phi) is 9.47. The minimum atomic E-state index is -5.08. The number of amides is 1. The van der Waals surface area contributed by atoms with E-state index in [0.717, 1.165) is 6.07 Å². The third-order valence-electron chi connectivity index (χ3n) is 7.27.